The minimum Gasteiger partial charge on any atom is -0.381 e. The zero-order valence-electron chi connectivity index (χ0n) is 10.5. The van der Waals surface area contributed by atoms with Crippen molar-refractivity contribution in [2.75, 3.05) is 18.5 Å². The number of hydrogen-bond donors (Lipinski definition) is 1. The Morgan fingerprint density at radius 2 is 2.39 bits per heavy atom. The zero-order valence-corrected chi connectivity index (χ0v) is 12.1. The van der Waals surface area contributed by atoms with Crippen LogP contribution in [0, 0.1) is 12.8 Å². The fraction of sp³-hybridized carbons (Fsp3) is 0.500. The predicted molar refractivity (Wildman–Crippen MR) is 75.7 cm³/mol. The van der Waals surface area contributed by atoms with Crippen LogP contribution in [-0.2, 0) is 9.53 Å². The first-order valence-corrected chi connectivity index (χ1v) is 7.08. The van der Waals surface area contributed by atoms with Crippen LogP contribution in [0.5, 0.6) is 0 Å². The van der Waals surface area contributed by atoms with Crippen LogP contribution in [0.4, 0.5) is 5.69 Å². The molecule has 1 unspecified atom stereocenters. The van der Waals surface area contributed by atoms with Crippen molar-refractivity contribution in [1.29, 1.82) is 0 Å². The summed E-state index contributed by atoms with van der Waals surface area (Å²) in [6, 6.07) is 5.91. The third kappa shape index (κ3) is 3.82. The van der Waals surface area contributed by atoms with E-state index >= 15 is 0 Å². The molecule has 3 nitrogen and oxygen atoms in total. The van der Waals surface area contributed by atoms with Crippen LogP contribution >= 0.6 is 15.9 Å². The van der Waals surface area contributed by atoms with Gasteiger partial charge in [-0.2, -0.15) is 0 Å². The molecular weight excluding hydrogens is 294 g/mol. The summed E-state index contributed by atoms with van der Waals surface area (Å²) in [6.07, 6.45) is 2.69. The van der Waals surface area contributed by atoms with Crippen molar-refractivity contribution in [3.63, 3.8) is 0 Å². The van der Waals surface area contributed by atoms with Gasteiger partial charge in [0.15, 0.2) is 0 Å². The second-order valence-corrected chi connectivity index (χ2v) is 5.67. The van der Waals surface area contributed by atoms with Gasteiger partial charge in [-0.05, 0) is 59.3 Å². The molecule has 4 heteroatoms. The van der Waals surface area contributed by atoms with Crippen molar-refractivity contribution >= 4 is 27.5 Å². The molecule has 1 saturated heterocycles. The molecule has 0 spiro atoms. The average Bonchev–Trinajstić information content (AvgIpc) is 2.34. The Kier molecular flexibility index (Phi) is 4.78. The molecule has 1 aromatic rings. The normalized spacial score (nSPS) is 19.6. The summed E-state index contributed by atoms with van der Waals surface area (Å²) in [5.41, 5.74) is 2.00. The molecule has 1 amide bonds. The van der Waals surface area contributed by atoms with Crippen molar-refractivity contribution in [3.8, 4) is 0 Å². The highest BCUT2D eigenvalue weighted by Gasteiger charge is 2.17. The van der Waals surface area contributed by atoms with E-state index in [2.05, 4.69) is 21.2 Å². The number of rotatable bonds is 3. The summed E-state index contributed by atoms with van der Waals surface area (Å²) in [4.78, 5) is 11.9. The maximum Gasteiger partial charge on any atom is 0.224 e. The van der Waals surface area contributed by atoms with Gasteiger partial charge in [-0.3, -0.25) is 4.79 Å². The molecule has 1 N–H and O–H groups in total. The second-order valence-electron chi connectivity index (χ2n) is 4.82. The lowest BCUT2D eigenvalue weighted by Gasteiger charge is -2.21. The molecule has 0 aliphatic carbocycles. The van der Waals surface area contributed by atoms with Gasteiger partial charge < -0.3 is 10.1 Å². The fourth-order valence-electron chi connectivity index (χ4n) is 2.15. The molecule has 1 aliphatic heterocycles. The largest absolute Gasteiger partial charge is 0.381 e. The summed E-state index contributed by atoms with van der Waals surface area (Å²) in [5.74, 6) is 0.429. The maximum absolute atomic E-state index is 11.9. The summed E-state index contributed by atoms with van der Waals surface area (Å²) in [5, 5.41) is 2.94. The fourth-order valence-corrected chi connectivity index (χ4v) is 2.75. The number of anilines is 1. The number of nitrogens with one attached hydrogen (secondary N) is 1. The standard InChI is InChI=1S/C14H18BrNO2/c1-10-4-5-13(12(15)7-10)16-14(17)8-11-3-2-6-18-9-11/h4-5,7,11H,2-3,6,8-9H2,1H3,(H,16,17). The monoisotopic (exact) mass is 311 g/mol. The molecule has 1 atom stereocenters. The maximum atomic E-state index is 11.9. The Hall–Kier alpha value is -0.870. The van der Waals surface area contributed by atoms with E-state index < -0.39 is 0 Å². The van der Waals surface area contributed by atoms with Gasteiger partial charge in [-0.25, -0.2) is 0 Å². The smallest absolute Gasteiger partial charge is 0.224 e. The number of amides is 1. The minimum absolute atomic E-state index is 0.0649. The van der Waals surface area contributed by atoms with E-state index in [9.17, 15) is 4.79 Å². The minimum atomic E-state index is 0.0649. The van der Waals surface area contributed by atoms with Crippen LogP contribution in [0.15, 0.2) is 22.7 Å². The van der Waals surface area contributed by atoms with Gasteiger partial charge in [0, 0.05) is 24.1 Å². The van der Waals surface area contributed by atoms with Gasteiger partial charge in [0.2, 0.25) is 5.91 Å². The lowest BCUT2D eigenvalue weighted by molar-refractivity contribution is -0.118. The van der Waals surface area contributed by atoms with Crippen molar-refractivity contribution in [3.05, 3.63) is 28.2 Å². The Balaban J connectivity index is 1.90. The number of carbonyl (C=O) groups is 1. The Labute approximate surface area is 116 Å². The van der Waals surface area contributed by atoms with Crippen LogP contribution in [0.3, 0.4) is 0 Å². The lowest BCUT2D eigenvalue weighted by Crippen LogP contribution is -2.23. The number of aryl methyl sites for hydroxylation is 1. The topological polar surface area (TPSA) is 38.3 Å². The number of halogens is 1. The Morgan fingerprint density at radius 3 is 3.06 bits per heavy atom. The number of benzene rings is 1. The third-order valence-corrected chi connectivity index (χ3v) is 3.78. The third-order valence-electron chi connectivity index (χ3n) is 3.13. The summed E-state index contributed by atoms with van der Waals surface area (Å²) < 4.78 is 6.31. The van der Waals surface area contributed by atoms with E-state index in [-0.39, 0.29) is 5.91 Å². The molecule has 0 saturated carbocycles. The quantitative estimate of drug-likeness (QED) is 0.927. The molecular formula is C14H18BrNO2. The van der Waals surface area contributed by atoms with Crippen molar-refractivity contribution in [2.24, 2.45) is 5.92 Å². The highest BCUT2D eigenvalue weighted by atomic mass is 79.9. The number of ether oxygens (including phenoxy) is 1. The molecule has 2 rings (SSSR count). The van der Waals surface area contributed by atoms with E-state index in [1.165, 1.54) is 5.56 Å². The molecule has 0 bridgehead atoms. The van der Waals surface area contributed by atoms with Gasteiger partial charge in [-0.15, -0.1) is 0 Å². The highest BCUT2D eigenvalue weighted by molar-refractivity contribution is 9.10. The molecule has 18 heavy (non-hydrogen) atoms. The van der Waals surface area contributed by atoms with Crippen LogP contribution in [0.2, 0.25) is 0 Å². The first-order valence-electron chi connectivity index (χ1n) is 6.29. The van der Waals surface area contributed by atoms with Gasteiger partial charge in [-0.1, -0.05) is 6.07 Å². The molecule has 98 valence electrons. The Morgan fingerprint density at radius 1 is 1.56 bits per heavy atom. The van der Waals surface area contributed by atoms with Crippen LogP contribution in [-0.4, -0.2) is 19.1 Å². The van der Waals surface area contributed by atoms with E-state index in [0.717, 1.165) is 29.6 Å². The predicted octanol–water partition coefficient (Wildman–Crippen LogP) is 3.51. The first-order chi connectivity index (χ1) is 8.65. The summed E-state index contributed by atoms with van der Waals surface area (Å²) in [7, 11) is 0. The highest BCUT2D eigenvalue weighted by Crippen LogP contribution is 2.24. The summed E-state index contributed by atoms with van der Waals surface area (Å²) >= 11 is 3.46. The van der Waals surface area contributed by atoms with E-state index in [4.69, 9.17) is 4.74 Å². The van der Waals surface area contributed by atoms with E-state index in [1.807, 2.05) is 25.1 Å². The lowest BCUT2D eigenvalue weighted by atomic mass is 9.98. The van der Waals surface area contributed by atoms with Crippen molar-refractivity contribution < 1.29 is 9.53 Å². The van der Waals surface area contributed by atoms with Crippen molar-refractivity contribution in [2.45, 2.75) is 26.2 Å². The van der Waals surface area contributed by atoms with Crippen LogP contribution in [0.25, 0.3) is 0 Å². The van der Waals surface area contributed by atoms with Gasteiger partial charge >= 0.3 is 0 Å². The SMILES string of the molecule is Cc1ccc(NC(=O)CC2CCCOC2)c(Br)c1. The number of hydrogen-bond acceptors (Lipinski definition) is 2. The van der Waals surface area contributed by atoms with Gasteiger partial charge in [0.1, 0.15) is 0 Å². The molecule has 1 aliphatic rings. The molecule has 1 aromatic carbocycles. The summed E-state index contributed by atoms with van der Waals surface area (Å²) in [6.45, 7) is 3.57. The van der Waals surface area contributed by atoms with E-state index in [1.54, 1.807) is 0 Å². The first kappa shape index (κ1) is 13.6. The molecule has 1 fully saturated rings. The average molecular weight is 312 g/mol. The van der Waals surface area contributed by atoms with Gasteiger partial charge in [0.25, 0.3) is 0 Å². The van der Waals surface area contributed by atoms with Crippen LogP contribution in [0.1, 0.15) is 24.8 Å². The van der Waals surface area contributed by atoms with Gasteiger partial charge in [0.05, 0.1) is 5.69 Å². The van der Waals surface area contributed by atoms with E-state index in [0.29, 0.717) is 18.9 Å². The number of carbonyl (C=O) groups excluding carboxylic acids is 1. The second kappa shape index (κ2) is 6.34. The van der Waals surface area contributed by atoms with Crippen molar-refractivity contribution in [1.82, 2.24) is 0 Å². The zero-order chi connectivity index (χ0) is 13.0. The molecule has 0 radical (unpaired) electrons. The molecule has 0 aromatic heterocycles. The van der Waals surface area contributed by atoms with Crippen LogP contribution < -0.4 is 5.32 Å². The molecule has 1 heterocycles. The Bertz CT molecular complexity index is 428.